The Bertz CT molecular complexity index is 1400. The molecule has 3 heterocycles. The molecule has 9 nitrogen and oxygen atoms in total. The minimum atomic E-state index is -0.853. The first-order chi connectivity index (χ1) is 14.2. The zero-order valence-electron chi connectivity index (χ0n) is 17.5. The van der Waals surface area contributed by atoms with Crippen molar-refractivity contribution in [1.82, 2.24) is 23.1 Å². The van der Waals surface area contributed by atoms with Gasteiger partial charge >= 0.3 is 5.69 Å². The average Bonchev–Trinajstić information content (AvgIpc) is 3.23. The first-order valence-electron chi connectivity index (χ1n) is 9.57. The van der Waals surface area contributed by atoms with E-state index in [4.69, 9.17) is 4.74 Å². The van der Waals surface area contributed by atoms with Crippen LogP contribution in [0, 0.1) is 6.92 Å². The Hall–Kier alpha value is -3.62. The standard InChI is InChI=1S/C21H23N5O4/c1-12-10-25-17-18(23(4)21(29)26(19(17)28)13(2)14(3)27)22-20(25)24(12)11-15-6-8-16(30-5)9-7-15/h6-10,13H,11H2,1-5H3/t13-/m0/s1. The minimum absolute atomic E-state index is 0.262. The van der Waals surface area contributed by atoms with Crippen LogP contribution in [-0.4, -0.2) is 36.0 Å². The number of hydrogen-bond donors (Lipinski definition) is 0. The van der Waals surface area contributed by atoms with Crippen LogP contribution in [0.25, 0.3) is 16.9 Å². The summed E-state index contributed by atoms with van der Waals surface area (Å²) in [7, 11) is 3.18. The lowest BCUT2D eigenvalue weighted by Gasteiger charge is -2.12. The summed E-state index contributed by atoms with van der Waals surface area (Å²) in [4.78, 5) is 42.4. The van der Waals surface area contributed by atoms with Crippen LogP contribution in [0.5, 0.6) is 5.75 Å². The van der Waals surface area contributed by atoms with Gasteiger partial charge in [-0.1, -0.05) is 12.1 Å². The third kappa shape index (κ3) is 2.85. The van der Waals surface area contributed by atoms with E-state index in [1.54, 1.807) is 25.5 Å². The summed E-state index contributed by atoms with van der Waals surface area (Å²) in [5.74, 6) is 1.07. The largest absolute Gasteiger partial charge is 0.497 e. The first kappa shape index (κ1) is 19.7. The van der Waals surface area contributed by atoms with Crippen molar-refractivity contribution in [2.24, 2.45) is 7.05 Å². The fourth-order valence-corrected chi connectivity index (χ4v) is 3.65. The Balaban J connectivity index is 1.95. The van der Waals surface area contributed by atoms with Gasteiger partial charge in [0.2, 0.25) is 5.78 Å². The third-order valence-electron chi connectivity index (χ3n) is 5.56. The summed E-state index contributed by atoms with van der Waals surface area (Å²) in [6.07, 6.45) is 1.82. The zero-order valence-corrected chi connectivity index (χ0v) is 17.5. The van der Waals surface area contributed by atoms with E-state index in [-0.39, 0.29) is 16.9 Å². The molecule has 1 atom stereocenters. The number of benzene rings is 1. The molecule has 0 N–H and O–H groups in total. The number of aromatic nitrogens is 5. The number of carbonyl (C=O) groups is 1. The molecule has 0 aliphatic carbocycles. The maximum Gasteiger partial charge on any atom is 0.333 e. The third-order valence-corrected chi connectivity index (χ3v) is 5.56. The molecular weight excluding hydrogens is 386 g/mol. The summed E-state index contributed by atoms with van der Waals surface area (Å²) in [6, 6.07) is 6.86. The molecule has 0 unspecified atom stereocenters. The minimum Gasteiger partial charge on any atom is -0.497 e. The van der Waals surface area contributed by atoms with E-state index in [0.717, 1.165) is 21.6 Å². The number of nitrogens with zero attached hydrogens (tertiary/aromatic N) is 5. The second kappa shape index (κ2) is 7.01. The number of ketones is 1. The van der Waals surface area contributed by atoms with Crippen molar-refractivity contribution in [1.29, 1.82) is 0 Å². The van der Waals surface area contributed by atoms with Gasteiger partial charge in [-0.05, 0) is 38.5 Å². The Morgan fingerprint density at radius 3 is 2.47 bits per heavy atom. The van der Waals surface area contributed by atoms with Crippen LogP contribution in [0.3, 0.4) is 0 Å². The van der Waals surface area contributed by atoms with E-state index in [1.807, 2.05) is 42.0 Å². The highest BCUT2D eigenvalue weighted by Crippen LogP contribution is 2.19. The summed E-state index contributed by atoms with van der Waals surface area (Å²) < 4.78 is 11.2. The number of Topliss-reactive ketones (excluding diaryl/α,β-unsaturated/α-hetero) is 1. The van der Waals surface area contributed by atoms with E-state index >= 15 is 0 Å². The van der Waals surface area contributed by atoms with Crippen LogP contribution in [0.2, 0.25) is 0 Å². The van der Waals surface area contributed by atoms with E-state index in [0.29, 0.717) is 12.3 Å². The van der Waals surface area contributed by atoms with Crippen molar-refractivity contribution in [2.45, 2.75) is 33.4 Å². The monoisotopic (exact) mass is 409 g/mol. The maximum atomic E-state index is 13.2. The zero-order chi connectivity index (χ0) is 21.7. The molecular formula is C21H23N5O4. The van der Waals surface area contributed by atoms with Crippen LogP contribution in [0.1, 0.15) is 31.1 Å². The van der Waals surface area contributed by atoms with Gasteiger partial charge in [0.25, 0.3) is 5.56 Å². The smallest absolute Gasteiger partial charge is 0.333 e. The molecule has 0 bridgehead atoms. The van der Waals surface area contributed by atoms with Crippen LogP contribution < -0.4 is 16.0 Å². The molecule has 4 rings (SSSR count). The Labute approximate surface area is 171 Å². The van der Waals surface area contributed by atoms with Crippen molar-refractivity contribution in [3.05, 3.63) is 62.6 Å². The number of rotatable bonds is 5. The normalized spacial score (nSPS) is 12.6. The van der Waals surface area contributed by atoms with Crippen molar-refractivity contribution in [3.8, 4) is 5.75 Å². The van der Waals surface area contributed by atoms with Crippen LogP contribution in [0.15, 0.2) is 40.1 Å². The van der Waals surface area contributed by atoms with Gasteiger partial charge < -0.3 is 9.30 Å². The summed E-state index contributed by atoms with van der Waals surface area (Å²) >= 11 is 0. The Morgan fingerprint density at radius 1 is 1.20 bits per heavy atom. The number of fused-ring (bicyclic) bond motifs is 3. The van der Waals surface area contributed by atoms with Gasteiger partial charge in [-0.25, -0.2) is 9.36 Å². The molecule has 4 aromatic rings. The second-order valence-corrected chi connectivity index (χ2v) is 7.46. The molecule has 0 fully saturated rings. The lowest BCUT2D eigenvalue weighted by molar-refractivity contribution is -0.119. The highest BCUT2D eigenvalue weighted by atomic mass is 16.5. The molecule has 0 saturated heterocycles. The Morgan fingerprint density at radius 2 is 1.87 bits per heavy atom. The number of methoxy groups -OCH3 is 1. The Kier molecular flexibility index (Phi) is 4.60. The highest BCUT2D eigenvalue weighted by Gasteiger charge is 2.23. The van der Waals surface area contributed by atoms with Crippen LogP contribution >= 0.6 is 0 Å². The molecule has 0 radical (unpaired) electrons. The summed E-state index contributed by atoms with van der Waals surface area (Å²) in [5, 5.41) is 0. The van der Waals surface area contributed by atoms with Gasteiger partial charge in [-0.2, -0.15) is 4.98 Å². The number of ether oxygens (including phenoxy) is 1. The number of carbonyl (C=O) groups excluding carboxylic acids is 1. The topological polar surface area (TPSA) is 92.5 Å². The van der Waals surface area contributed by atoms with Gasteiger partial charge in [0, 0.05) is 18.9 Å². The lowest BCUT2D eigenvalue weighted by Crippen LogP contribution is -2.42. The van der Waals surface area contributed by atoms with E-state index in [2.05, 4.69) is 4.98 Å². The van der Waals surface area contributed by atoms with Crippen molar-refractivity contribution in [2.75, 3.05) is 7.11 Å². The number of hydrogen-bond acceptors (Lipinski definition) is 5. The molecule has 1 aromatic carbocycles. The molecule has 0 aliphatic rings. The van der Waals surface area contributed by atoms with E-state index in [9.17, 15) is 14.4 Å². The second-order valence-electron chi connectivity index (χ2n) is 7.46. The van der Waals surface area contributed by atoms with Crippen LogP contribution in [-0.2, 0) is 18.4 Å². The van der Waals surface area contributed by atoms with Gasteiger partial charge in [-0.15, -0.1) is 0 Å². The van der Waals surface area contributed by atoms with E-state index < -0.39 is 17.3 Å². The summed E-state index contributed by atoms with van der Waals surface area (Å²) in [6.45, 7) is 5.39. The van der Waals surface area contributed by atoms with Crippen molar-refractivity contribution < 1.29 is 9.53 Å². The highest BCUT2D eigenvalue weighted by molar-refractivity contribution is 5.80. The molecule has 30 heavy (non-hydrogen) atoms. The van der Waals surface area contributed by atoms with Crippen LogP contribution in [0.4, 0.5) is 0 Å². The quantitative estimate of drug-likeness (QED) is 0.500. The number of aryl methyl sites for hydroxylation is 2. The average molecular weight is 409 g/mol. The fourth-order valence-electron chi connectivity index (χ4n) is 3.65. The molecule has 0 amide bonds. The van der Waals surface area contributed by atoms with Gasteiger partial charge in [0.1, 0.15) is 5.75 Å². The summed E-state index contributed by atoms with van der Waals surface area (Å²) in [5.41, 5.74) is 1.43. The first-order valence-corrected chi connectivity index (χ1v) is 9.57. The predicted octanol–water partition coefficient (Wildman–Crippen LogP) is 1.66. The molecule has 9 heteroatoms. The SMILES string of the molecule is COc1ccc(Cn2c(C)cn3c4c(=O)n([C@@H](C)C(C)=O)c(=O)n(C)c4nc23)cc1. The molecule has 156 valence electrons. The molecule has 0 saturated carbocycles. The molecule has 0 spiro atoms. The maximum absolute atomic E-state index is 13.2. The number of imidazole rings is 2. The predicted molar refractivity (Wildman–Crippen MR) is 112 cm³/mol. The van der Waals surface area contributed by atoms with Gasteiger partial charge in [-0.3, -0.25) is 18.6 Å². The van der Waals surface area contributed by atoms with Crippen molar-refractivity contribution in [3.63, 3.8) is 0 Å². The molecule has 0 aliphatic heterocycles. The van der Waals surface area contributed by atoms with E-state index in [1.165, 1.54) is 11.5 Å². The van der Waals surface area contributed by atoms with Crippen molar-refractivity contribution >= 4 is 22.7 Å². The fraction of sp³-hybridized carbons (Fsp3) is 0.333. The molecule has 3 aromatic heterocycles. The van der Waals surface area contributed by atoms with Gasteiger partial charge in [0.05, 0.1) is 19.7 Å². The van der Waals surface area contributed by atoms with Gasteiger partial charge in [0.15, 0.2) is 16.9 Å². The lowest BCUT2D eigenvalue weighted by atomic mass is 10.2.